The molecule has 0 radical (unpaired) electrons. The highest BCUT2D eigenvalue weighted by Crippen LogP contribution is 2.16. The average Bonchev–Trinajstić information content (AvgIpc) is 2.40. The van der Waals surface area contributed by atoms with Crippen molar-refractivity contribution < 1.29 is 13.2 Å². The molecule has 1 aromatic carbocycles. The second kappa shape index (κ2) is 5.77. The number of nitrogens with zero attached hydrogens (tertiary/aromatic N) is 1. The van der Waals surface area contributed by atoms with Crippen LogP contribution in [-0.2, 0) is 6.42 Å². The quantitative estimate of drug-likeness (QED) is 0.698. The Bertz CT molecular complexity index is 814. The fraction of sp³-hybridized carbons (Fsp3) is 0.231. The number of aromatic amines is 1. The molecule has 0 spiro atoms. The Kier molecular flexibility index (Phi) is 4.22. The molecule has 2 rings (SSSR count). The van der Waals surface area contributed by atoms with E-state index in [0.717, 1.165) is 0 Å². The minimum Gasteiger partial charge on any atom is -0.297 e. The van der Waals surface area contributed by atoms with Gasteiger partial charge in [-0.15, -0.1) is 0 Å². The summed E-state index contributed by atoms with van der Waals surface area (Å²) in [6.07, 6.45) is 0.807. The van der Waals surface area contributed by atoms with Crippen LogP contribution in [0.2, 0.25) is 5.15 Å². The lowest BCUT2D eigenvalue weighted by atomic mass is 10.2. The van der Waals surface area contributed by atoms with E-state index >= 15 is 0 Å². The third-order valence-electron chi connectivity index (χ3n) is 2.88. The lowest BCUT2D eigenvalue weighted by Gasteiger charge is -2.09. The van der Waals surface area contributed by atoms with Crippen LogP contribution in [0, 0.1) is 17.5 Å². The van der Waals surface area contributed by atoms with E-state index in [-0.39, 0.29) is 23.2 Å². The van der Waals surface area contributed by atoms with Gasteiger partial charge in [-0.3, -0.25) is 9.78 Å². The van der Waals surface area contributed by atoms with E-state index in [1.807, 2.05) is 0 Å². The fourth-order valence-corrected chi connectivity index (χ4v) is 2.17. The summed E-state index contributed by atoms with van der Waals surface area (Å²) < 4.78 is 40.3. The molecule has 0 unspecified atom stereocenters. The molecule has 0 saturated carbocycles. The van der Waals surface area contributed by atoms with Crippen molar-refractivity contribution >= 4 is 11.6 Å². The number of halogens is 4. The van der Waals surface area contributed by atoms with Crippen molar-refractivity contribution in [3.63, 3.8) is 0 Å². The third kappa shape index (κ3) is 2.73. The van der Waals surface area contributed by atoms with Gasteiger partial charge in [-0.2, -0.15) is 0 Å². The van der Waals surface area contributed by atoms with Gasteiger partial charge in [-0.1, -0.05) is 24.9 Å². The van der Waals surface area contributed by atoms with Crippen molar-refractivity contribution in [2.24, 2.45) is 0 Å². The molecule has 0 fully saturated rings. The Hall–Kier alpha value is -2.02. The van der Waals surface area contributed by atoms with Crippen molar-refractivity contribution in [3.05, 3.63) is 61.1 Å². The Morgan fingerprint density at radius 1 is 1.14 bits per heavy atom. The maximum Gasteiger partial charge on any atom is 0.334 e. The minimum atomic E-state index is -1.41. The van der Waals surface area contributed by atoms with Gasteiger partial charge in [0, 0.05) is 12.1 Å². The van der Waals surface area contributed by atoms with Gasteiger partial charge in [0.2, 0.25) is 0 Å². The van der Waals surface area contributed by atoms with Gasteiger partial charge in [0.05, 0.1) is 11.3 Å². The monoisotopic (exact) mass is 318 g/mol. The van der Waals surface area contributed by atoms with Gasteiger partial charge in [-0.05, 0) is 6.42 Å². The molecule has 0 aliphatic carbocycles. The largest absolute Gasteiger partial charge is 0.334 e. The molecular formula is C13H10ClF3N2O2. The molecule has 0 atom stereocenters. The second-order valence-electron chi connectivity index (χ2n) is 4.33. The minimum absolute atomic E-state index is 0.0721. The summed E-state index contributed by atoms with van der Waals surface area (Å²) in [6.45, 7) is 1.78. The van der Waals surface area contributed by atoms with Crippen LogP contribution < -0.4 is 11.2 Å². The molecule has 112 valence electrons. The molecule has 2 aromatic rings. The van der Waals surface area contributed by atoms with E-state index in [0.29, 0.717) is 17.1 Å². The first-order chi connectivity index (χ1) is 9.86. The van der Waals surface area contributed by atoms with E-state index in [4.69, 9.17) is 11.6 Å². The van der Waals surface area contributed by atoms with Crippen molar-refractivity contribution in [2.75, 3.05) is 0 Å². The van der Waals surface area contributed by atoms with Gasteiger partial charge in [0.1, 0.15) is 5.15 Å². The highest BCUT2D eigenvalue weighted by Gasteiger charge is 2.18. The molecule has 0 saturated heterocycles. The fourth-order valence-electron chi connectivity index (χ4n) is 1.92. The number of hydrogen-bond donors (Lipinski definition) is 1. The molecule has 0 aliphatic heterocycles. The molecule has 1 heterocycles. The van der Waals surface area contributed by atoms with Gasteiger partial charge in [-0.25, -0.2) is 22.5 Å². The molecule has 0 amide bonds. The van der Waals surface area contributed by atoms with E-state index in [9.17, 15) is 22.8 Å². The molecule has 1 N–H and O–H groups in total. The van der Waals surface area contributed by atoms with Gasteiger partial charge in [0.25, 0.3) is 5.56 Å². The summed E-state index contributed by atoms with van der Waals surface area (Å²) in [5, 5.41) is -0.147. The Morgan fingerprint density at radius 2 is 1.76 bits per heavy atom. The normalized spacial score (nSPS) is 10.9. The summed E-state index contributed by atoms with van der Waals surface area (Å²) in [7, 11) is 0. The van der Waals surface area contributed by atoms with Crippen LogP contribution in [0.4, 0.5) is 13.2 Å². The summed E-state index contributed by atoms with van der Waals surface area (Å²) in [4.78, 5) is 26.2. The second-order valence-corrected chi connectivity index (χ2v) is 4.71. The van der Waals surface area contributed by atoms with E-state index < -0.39 is 34.4 Å². The highest BCUT2D eigenvalue weighted by atomic mass is 35.5. The first-order valence-electron chi connectivity index (χ1n) is 6.05. The average molecular weight is 319 g/mol. The zero-order valence-corrected chi connectivity index (χ0v) is 11.6. The Labute approximate surface area is 121 Å². The van der Waals surface area contributed by atoms with Crippen LogP contribution in [0.5, 0.6) is 0 Å². The number of aromatic nitrogens is 2. The van der Waals surface area contributed by atoms with Crippen molar-refractivity contribution in [1.82, 2.24) is 9.55 Å². The third-order valence-corrected chi connectivity index (χ3v) is 3.20. The maximum atomic E-state index is 13.7. The number of H-pyrrole nitrogens is 1. The van der Waals surface area contributed by atoms with Gasteiger partial charge >= 0.3 is 5.69 Å². The summed E-state index contributed by atoms with van der Waals surface area (Å²) >= 11 is 5.77. The molecule has 21 heavy (non-hydrogen) atoms. The predicted octanol–water partition coefficient (Wildman–Crippen LogP) is 2.55. The summed E-state index contributed by atoms with van der Waals surface area (Å²) in [5.41, 5.74) is -2.50. The summed E-state index contributed by atoms with van der Waals surface area (Å²) in [6, 6.07) is 0.718. The zero-order valence-electron chi connectivity index (χ0n) is 10.8. The van der Waals surface area contributed by atoms with Crippen molar-refractivity contribution in [1.29, 1.82) is 0 Å². The van der Waals surface area contributed by atoms with Crippen molar-refractivity contribution in [3.8, 4) is 5.69 Å². The van der Waals surface area contributed by atoms with Crippen LogP contribution >= 0.6 is 11.6 Å². The smallest absolute Gasteiger partial charge is 0.297 e. The predicted molar refractivity (Wildman–Crippen MR) is 71.5 cm³/mol. The zero-order chi connectivity index (χ0) is 15.7. The lowest BCUT2D eigenvalue weighted by molar-refractivity contribution is 0.491. The maximum absolute atomic E-state index is 13.7. The molecule has 0 bridgehead atoms. The first-order valence-corrected chi connectivity index (χ1v) is 6.43. The molecule has 4 nitrogen and oxygen atoms in total. The van der Waals surface area contributed by atoms with Crippen LogP contribution in [0.3, 0.4) is 0 Å². The Balaban J connectivity index is 2.82. The van der Waals surface area contributed by atoms with E-state index in [1.165, 1.54) is 0 Å². The summed E-state index contributed by atoms with van der Waals surface area (Å²) in [5.74, 6) is -4.01. The van der Waals surface area contributed by atoms with Gasteiger partial charge < -0.3 is 0 Å². The van der Waals surface area contributed by atoms with Crippen LogP contribution in [-0.4, -0.2) is 9.55 Å². The molecule has 1 aromatic heterocycles. The lowest BCUT2D eigenvalue weighted by Crippen LogP contribution is -2.36. The number of nitrogens with one attached hydrogen (secondary N) is 1. The highest BCUT2D eigenvalue weighted by molar-refractivity contribution is 6.30. The number of benzene rings is 1. The standard InChI is InChI=1S/C13H10ClF3N2O2/c1-2-3-6-11(14)18-13(21)19(12(6)20)10-5-8(16)7(15)4-9(10)17/h4-5H,2-3H2,1H3,(H,18,21). The number of rotatable bonds is 3. The van der Waals surface area contributed by atoms with Crippen LogP contribution in [0.1, 0.15) is 18.9 Å². The molecule has 8 heteroatoms. The molecule has 0 aliphatic rings. The van der Waals surface area contributed by atoms with E-state index in [1.54, 1.807) is 6.92 Å². The molecular weight excluding hydrogens is 309 g/mol. The SMILES string of the molecule is CCCc1c(Cl)[nH]c(=O)n(-c2cc(F)c(F)cc2F)c1=O. The Morgan fingerprint density at radius 3 is 2.38 bits per heavy atom. The number of hydrogen-bond acceptors (Lipinski definition) is 2. The van der Waals surface area contributed by atoms with Crippen molar-refractivity contribution in [2.45, 2.75) is 19.8 Å². The van der Waals surface area contributed by atoms with Gasteiger partial charge in [0.15, 0.2) is 17.5 Å². The van der Waals surface area contributed by atoms with Crippen LogP contribution in [0.25, 0.3) is 5.69 Å². The first kappa shape index (κ1) is 15.4. The topological polar surface area (TPSA) is 54.9 Å². The van der Waals surface area contributed by atoms with Crippen LogP contribution in [0.15, 0.2) is 21.7 Å². The van der Waals surface area contributed by atoms with E-state index in [2.05, 4.69) is 4.98 Å².